The van der Waals surface area contributed by atoms with Gasteiger partial charge in [0.05, 0.1) is 0 Å². The van der Waals surface area contributed by atoms with E-state index in [1.165, 1.54) is 29.2 Å². The van der Waals surface area contributed by atoms with Crippen molar-refractivity contribution < 1.29 is 9.59 Å². The van der Waals surface area contributed by atoms with Gasteiger partial charge in [0.1, 0.15) is 0 Å². The van der Waals surface area contributed by atoms with Gasteiger partial charge < -0.3 is 0 Å². The molecule has 0 heterocycles. The van der Waals surface area contributed by atoms with Crippen LogP contribution in [0.4, 0.5) is 0 Å². The molecule has 0 atom stereocenters. The van der Waals surface area contributed by atoms with Gasteiger partial charge in [0.2, 0.25) is 0 Å². The van der Waals surface area contributed by atoms with Crippen LogP contribution in [0.1, 0.15) is 11.1 Å². The zero-order valence-electron chi connectivity index (χ0n) is 12.7. The maximum absolute atomic E-state index is 12.2. The lowest BCUT2D eigenvalue weighted by atomic mass is 9.90. The van der Waals surface area contributed by atoms with Crippen molar-refractivity contribution in [2.45, 2.75) is 6.92 Å². The van der Waals surface area contributed by atoms with Gasteiger partial charge >= 0.3 is 0 Å². The molecule has 1 aliphatic rings. The fourth-order valence-electron chi connectivity index (χ4n) is 3.24. The number of carbonyl (C=O) groups is 2. The summed E-state index contributed by atoms with van der Waals surface area (Å²) in [6.07, 6.45) is 4.09. The number of carbonyl (C=O) groups excluding carboxylic acids is 2. The van der Waals surface area contributed by atoms with Gasteiger partial charge in [-0.3, -0.25) is 9.59 Å². The van der Waals surface area contributed by atoms with E-state index in [4.69, 9.17) is 0 Å². The number of rotatable bonds is 1. The van der Waals surface area contributed by atoms with E-state index in [-0.39, 0.29) is 11.6 Å². The molecule has 0 radical (unpaired) electrons. The van der Waals surface area contributed by atoms with E-state index < -0.39 is 0 Å². The van der Waals surface area contributed by atoms with E-state index in [1.807, 2.05) is 24.3 Å². The molecule has 0 saturated heterocycles. The lowest BCUT2D eigenvalue weighted by Crippen LogP contribution is -2.07. The molecule has 0 saturated carbocycles. The molecule has 0 spiro atoms. The van der Waals surface area contributed by atoms with Crippen LogP contribution < -0.4 is 0 Å². The Hall–Kier alpha value is -3.00. The number of benzene rings is 3. The molecule has 2 nitrogen and oxygen atoms in total. The first-order valence-corrected chi connectivity index (χ1v) is 7.54. The minimum absolute atomic E-state index is 0.124. The molecule has 3 aromatic carbocycles. The summed E-state index contributed by atoms with van der Waals surface area (Å²) in [6, 6.07) is 16.3. The van der Waals surface area contributed by atoms with E-state index >= 15 is 0 Å². The molecule has 0 unspecified atom stereocenters. The number of hydrogen-bond donors (Lipinski definition) is 0. The third-order valence-electron chi connectivity index (χ3n) is 4.38. The van der Waals surface area contributed by atoms with Crippen molar-refractivity contribution in [2.75, 3.05) is 0 Å². The summed E-state index contributed by atoms with van der Waals surface area (Å²) < 4.78 is 0. The van der Waals surface area contributed by atoms with E-state index in [0.717, 1.165) is 21.7 Å². The fraction of sp³-hybridized carbons (Fsp3) is 0.0476. The topological polar surface area (TPSA) is 34.1 Å². The first-order chi connectivity index (χ1) is 11.1. The first kappa shape index (κ1) is 13.6. The molecule has 1 aliphatic carbocycles. The van der Waals surface area contributed by atoms with Crippen LogP contribution >= 0.6 is 0 Å². The lowest BCUT2D eigenvalue weighted by molar-refractivity contribution is -0.113. The molecule has 4 rings (SSSR count). The van der Waals surface area contributed by atoms with Crippen molar-refractivity contribution in [3.63, 3.8) is 0 Å². The molecule has 0 aliphatic heterocycles. The highest BCUT2D eigenvalue weighted by atomic mass is 16.1. The Kier molecular flexibility index (Phi) is 2.98. The average molecular weight is 298 g/mol. The van der Waals surface area contributed by atoms with Crippen LogP contribution in [-0.2, 0) is 9.59 Å². The van der Waals surface area contributed by atoms with Gasteiger partial charge in [-0.25, -0.2) is 0 Å². The molecule has 3 aromatic rings. The third kappa shape index (κ3) is 2.11. The number of hydrogen-bond acceptors (Lipinski definition) is 2. The van der Waals surface area contributed by atoms with Crippen molar-refractivity contribution >= 4 is 38.7 Å². The Bertz CT molecular complexity index is 1050. The van der Waals surface area contributed by atoms with Crippen LogP contribution in [-0.4, -0.2) is 11.6 Å². The Morgan fingerprint density at radius 3 is 2.22 bits per heavy atom. The summed E-state index contributed by atoms with van der Waals surface area (Å²) >= 11 is 0. The lowest BCUT2D eigenvalue weighted by Gasteiger charge is -2.13. The smallest absolute Gasteiger partial charge is 0.186 e. The normalized spacial score (nSPS) is 14.6. The number of allylic oxidation sites excluding steroid dienone is 4. The summed E-state index contributed by atoms with van der Waals surface area (Å²) in [5.41, 5.74) is 2.50. The summed E-state index contributed by atoms with van der Waals surface area (Å²) in [7, 11) is 0. The Balaban J connectivity index is 2.07. The summed E-state index contributed by atoms with van der Waals surface area (Å²) in [6.45, 7) is 2.09. The number of aryl methyl sites for hydroxylation is 1. The monoisotopic (exact) mass is 298 g/mol. The number of ketones is 2. The van der Waals surface area contributed by atoms with E-state index in [2.05, 4.69) is 31.2 Å². The molecule has 0 bridgehead atoms. The maximum atomic E-state index is 12.2. The highest BCUT2D eigenvalue weighted by Crippen LogP contribution is 2.33. The SMILES string of the molecule is Cc1cccc2c1ccc1c(C3=CC(=O)C=CC3=O)cccc12. The average Bonchev–Trinajstić information content (AvgIpc) is 2.57. The zero-order valence-corrected chi connectivity index (χ0v) is 12.7. The van der Waals surface area contributed by atoms with Crippen LogP contribution in [0.5, 0.6) is 0 Å². The van der Waals surface area contributed by atoms with Crippen LogP contribution in [0.3, 0.4) is 0 Å². The molecular formula is C21H14O2. The van der Waals surface area contributed by atoms with Crippen LogP contribution in [0.25, 0.3) is 27.1 Å². The zero-order chi connectivity index (χ0) is 16.0. The summed E-state index contributed by atoms with van der Waals surface area (Å²) in [5.74, 6) is -0.269. The predicted octanol–water partition coefficient (Wildman–Crippen LogP) is 4.39. The molecule has 0 amide bonds. The second-order valence-corrected chi connectivity index (χ2v) is 5.79. The minimum atomic E-state index is -0.145. The molecule has 110 valence electrons. The second kappa shape index (κ2) is 5.03. The van der Waals surface area contributed by atoms with E-state index in [9.17, 15) is 9.59 Å². The minimum Gasteiger partial charge on any atom is -0.290 e. The van der Waals surface area contributed by atoms with Gasteiger partial charge in [-0.05, 0) is 57.8 Å². The van der Waals surface area contributed by atoms with Crippen molar-refractivity contribution in [1.82, 2.24) is 0 Å². The van der Waals surface area contributed by atoms with Gasteiger partial charge in [0, 0.05) is 5.57 Å². The fourth-order valence-corrected chi connectivity index (χ4v) is 3.24. The molecule has 23 heavy (non-hydrogen) atoms. The third-order valence-corrected chi connectivity index (χ3v) is 4.38. The molecular weight excluding hydrogens is 284 g/mol. The van der Waals surface area contributed by atoms with Crippen molar-refractivity contribution in [2.24, 2.45) is 0 Å². The van der Waals surface area contributed by atoms with Gasteiger partial charge in [-0.1, -0.05) is 48.5 Å². The highest BCUT2D eigenvalue weighted by molar-refractivity contribution is 6.35. The standard InChI is InChI=1S/C21H14O2/c1-13-4-2-5-16-15(13)9-10-19-17(16)6-3-7-18(19)20-12-14(22)8-11-21(20)23/h2-12H,1H3. The number of fused-ring (bicyclic) bond motifs is 3. The highest BCUT2D eigenvalue weighted by Gasteiger charge is 2.17. The first-order valence-electron chi connectivity index (χ1n) is 7.54. The second-order valence-electron chi connectivity index (χ2n) is 5.79. The van der Waals surface area contributed by atoms with Crippen molar-refractivity contribution in [3.8, 4) is 0 Å². The maximum Gasteiger partial charge on any atom is 0.186 e. The van der Waals surface area contributed by atoms with E-state index in [0.29, 0.717) is 5.57 Å². The predicted molar refractivity (Wildman–Crippen MR) is 93.3 cm³/mol. The molecule has 2 heteroatoms. The molecule has 0 fully saturated rings. The van der Waals surface area contributed by atoms with Crippen LogP contribution in [0.15, 0.2) is 66.8 Å². The molecule has 0 aromatic heterocycles. The van der Waals surface area contributed by atoms with E-state index in [1.54, 1.807) is 0 Å². The van der Waals surface area contributed by atoms with Crippen LogP contribution in [0.2, 0.25) is 0 Å². The largest absolute Gasteiger partial charge is 0.290 e. The molecule has 0 N–H and O–H groups in total. The Labute approximate surface area is 133 Å². The Morgan fingerprint density at radius 2 is 1.39 bits per heavy atom. The van der Waals surface area contributed by atoms with Crippen molar-refractivity contribution in [3.05, 3.63) is 77.9 Å². The van der Waals surface area contributed by atoms with Gasteiger partial charge in [0.15, 0.2) is 11.6 Å². The van der Waals surface area contributed by atoms with Crippen LogP contribution in [0, 0.1) is 6.92 Å². The summed E-state index contributed by atoms with van der Waals surface area (Å²) in [5, 5.41) is 4.46. The quantitative estimate of drug-likeness (QED) is 0.493. The van der Waals surface area contributed by atoms with Gasteiger partial charge in [-0.2, -0.15) is 0 Å². The summed E-state index contributed by atoms with van der Waals surface area (Å²) in [4.78, 5) is 23.9. The van der Waals surface area contributed by atoms with Gasteiger partial charge in [0.25, 0.3) is 0 Å². The van der Waals surface area contributed by atoms with Crippen molar-refractivity contribution in [1.29, 1.82) is 0 Å². The van der Waals surface area contributed by atoms with Gasteiger partial charge in [-0.15, -0.1) is 0 Å². The Morgan fingerprint density at radius 1 is 0.696 bits per heavy atom.